The fraction of sp³-hybridized carbons (Fsp3) is 0.385. The zero-order valence-electron chi connectivity index (χ0n) is 10.2. The summed E-state index contributed by atoms with van der Waals surface area (Å²) in [5, 5.41) is 3.82. The SMILES string of the molecule is COc1cccc2ncn(C3CCNC3)c(=O)c12. The normalized spacial score (nSPS) is 19.3. The molecule has 1 unspecified atom stereocenters. The first kappa shape index (κ1) is 11.2. The zero-order valence-corrected chi connectivity index (χ0v) is 10.2. The predicted molar refractivity (Wildman–Crippen MR) is 69.1 cm³/mol. The molecular formula is C13H15N3O2. The van der Waals surface area contributed by atoms with Gasteiger partial charge in [0.15, 0.2) is 0 Å². The summed E-state index contributed by atoms with van der Waals surface area (Å²) in [6, 6.07) is 5.66. The van der Waals surface area contributed by atoms with Crippen molar-refractivity contribution in [2.45, 2.75) is 12.5 Å². The van der Waals surface area contributed by atoms with Crippen molar-refractivity contribution in [3.05, 3.63) is 34.9 Å². The molecule has 1 fully saturated rings. The Balaban J connectivity index is 2.24. The van der Waals surface area contributed by atoms with Crippen LogP contribution >= 0.6 is 0 Å². The second kappa shape index (κ2) is 4.42. The number of nitrogens with zero attached hydrogens (tertiary/aromatic N) is 2. The number of hydrogen-bond acceptors (Lipinski definition) is 4. The van der Waals surface area contributed by atoms with Gasteiger partial charge in [-0.2, -0.15) is 0 Å². The molecule has 2 heterocycles. The van der Waals surface area contributed by atoms with Gasteiger partial charge in [-0.1, -0.05) is 6.07 Å². The number of rotatable bonds is 2. The summed E-state index contributed by atoms with van der Waals surface area (Å²) in [5.74, 6) is 0.588. The Kier molecular flexibility index (Phi) is 2.76. The van der Waals surface area contributed by atoms with E-state index in [2.05, 4.69) is 10.3 Å². The van der Waals surface area contributed by atoms with Crippen LogP contribution in [0.15, 0.2) is 29.3 Å². The number of ether oxygens (including phenoxy) is 1. The summed E-state index contributed by atoms with van der Waals surface area (Å²) in [6.07, 6.45) is 2.60. The Labute approximate surface area is 104 Å². The van der Waals surface area contributed by atoms with Crippen LogP contribution in [0.2, 0.25) is 0 Å². The average molecular weight is 245 g/mol. The van der Waals surface area contributed by atoms with Crippen LogP contribution in [0.4, 0.5) is 0 Å². The molecule has 1 atom stereocenters. The van der Waals surface area contributed by atoms with E-state index < -0.39 is 0 Å². The molecule has 2 aromatic rings. The first-order chi connectivity index (χ1) is 8.81. The Morgan fingerprint density at radius 3 is 3.11 bits per heavy atom. The van der Waals surface area contributed by atoms with Gasteiger partial charge >= 0.3 is 0 Å². The van der Waals surface area contributed by atoms with E-state index in [9.17, 15) is 4.79 Å². The van der Waals surface area contributed by atoms with Crippen molar-refractivity contribution in [1.82, 2.24) is 14.9 Å². The molecule has 3 rings (SSSR count). The molecule has 18 heavy (non-hydrogen) atoms. The standard InChI is InChI=1S/C13H15N3O2/c1-18-11-4-2-3-10-12(11)13(17)16(8-15-10)9-5-6-14-7-9/h2-4,8-9,14H,5-7H2,1H3. The highest BCUT2D eigenvalue weighted by Gasteiger charge is 2.19. The van der Waals surface area contributed by atoms with Gasteiger partial charge in [-0.15, -0.1) is 0 Å². The summed E-state index contributed by atoms with van der Waals surface area (Å²) in [6.45, 7) is 1.77. The molecular weight excluding hydrogens is 230 g/mol. The summed E-state index contributed by atoms with van der Waals surface area (Å²) in [7, 11) is 1.57. The lowest BCUT2D eigenvalue weighted by Crippen LogP contribution is -2.26. The van der Waals surface area contributed by atoms with Crippen LogP contribution in [0.1, 0.15) is 12.5 Å². The monoisotopic (exact) mass is 245 g/mol. The van der Waals surface area contributed by atoms with Crippen LogP contribution in [-0.4, -0.2) is 29.8 Å². The van der Waals surface area contributed by atoms with E-state index in [4.69, 9.17) is 4.74 Å². The van der Waals surface area contributed by atoms with Gasteiger partial charge < -0.3 is 10.1 Å². The number of benzene rings is 1. The van der Waals surface area contributed by atoms with E-state index in [1.54, 1.807) is 24.1 Å². The van der Waals surface area contributed by atoms with Crippen LogP contribution in [0.5, 0.6) is 5.75 Å². The second-order valence-corrected chi connectivity index (χ2v) is 4.46. The van der Waals surface area contributed by atoms with E-state index >= 15 is 0 Å². The lowest BCUT2D eigenvalue weighted by molar-refractivity contribution is 0.418. The van der Waals surface area contributed by atoms with Crippen LogP contribution in [0.3, 0.4) is 0 Å². The molecule has 0 amide bonds. The lowest BCUT2D eigenvalue weighted by Gasteiger charge is -2.13. The van der Waals surface area contributed by atoms with Crippen molar-refractivity contribution >= 4 is 10.9 Å². The molecule has 0 aliphatic carbocycles. The average Bonchev–Trinajstić information content (AvgIpc) is 2.92. The molecule has 1 aromatic carbocycles. The minimum absolute atomic E-state index is 0.0221. The first-order valence-electron chi connectivity index (χ1n) is 6.06. The van der Waals surface area contributed by atoms with Crippen molar-refractivity contribution in [1.29, 1.82) is 0 Å². The fourth-order valence-electron chi connectivity index (χ4n) is 2.46. The number of nitrogens with one attached hydrogen (secondary N) is 1. The summed E-state index contributed by atoms with van der Waals surface area (Å²) >= 11 is 0. The van der Waals surface area contributed by atoms with E-state index in [0.717, 1.165) is 19.5 Å². The maximum absolute atomic E-state index is 12.5. The van der Waals surface area contributed by atoms with Gasteiger partial charge in [0.25, 0.3) is 5.56 Å². The molecule has 1 saturated heterocycles. The van der Waals surface area contributed by atoms with Crippen molar-refractivity contribution in [3.8, 4) is 5.75 Å². The van der Waals surface area contributed by atoms with Gasteiger partial charge in [0.2, 0.25) is 0 Å². The summed E-state index contributed by atoms with van der Waals surface area (Å²) in [5.41, 5.74) is 0.660. The smallest absolute Gasteiger partial charge is 0.265 e. The zero-order chi connectivity index (χ0) is 12.5. The van der Waals surface area contributed by atoms with Crippen molar-refractivity contribution in [2.75, 3.05) is 20.2 Å². The first-order valence-corrected chi connectivity index (χ1v) is 6.06. The van der Waals surface area contributed by atoms with Crippen molar-refractivity contribution in [2.24, 2.45) is 0 Å². The van der Waals surface area contributed by atoms with Crippen molar-refractivity contribution in [3.63, 3.8) is 0 Å². The topological polar surface area (TPSA) is 56.1 Å². The Bertz CT molecular complexity index is 630. The van der Waals surface area contributed by atoms with E-state index in [0.29, 0.717) is 16.7 Å². The minimum Gasteiger partial charge on any atom is -0.496 e. The summed E-state index contributed by atoms with van der Waals surface area (Å²) in [4.78, 5) is 16.9. The number of fused-ring (bicyclic) bond motifs is 1. The highest BCUT2D eigenvalue weighted by Crippen LogP contribution is 2.21. The van der Waals surface area contributed by atoms with Gasteiger partial charge in [-0.05, 0) is 25.1 Å². The van der Waals surface area contributed by atoms with Gasteiger partial charge in [-0.3, -0.25) is 9.36 Å². The molecule has 5 nitrogen and oxygen atoms in total. The van der Waals surface area contributed by atoms with Gasteiger partial charge in [0.1, 0.15) is 11.1 Å². The highest BCUT2D eigenvalue weighted by molar-refractivity contribution is 5.83. The Hall–Kier alpha value is -1.88. The molecule has 0 saturated carbocycles. The van der Waals surface area contributed by atoms with Gasteiger partial charge in [0, 0.05) is 6.54 Å². The Morgan fingerprint density at radius 2 is 2.39 bits per heavy atom. The predicted octanol–water partition coefficient (Wildman–Crippen LogP) is 0.940. The van der Waals surface area contributed by atoms with E-state index in [1.165, 1.54) is 0 Å². The molecule has 0 bridgehead atoms. The molecule has 1 N–H and O–H groups in total. The molecule has 1 aromatic heterocycles. The van der Waals surface area contributed by atoms with Crippen LogP contribution in [0, 0.1) is 0 Å². The quantitative estimate of drug-likeness (QED) is 0.855. The van der Waals surface area contributed by atoms with Gasteiger partial charge in [0.05, 0.1) is 25.0 Å². The number of methoxy groups -OCH3 is 1. The van der Waals surface area contributed by atoms with Crippen LogP contribution in [0.25, 0.3) is 10.9 Å². The Morgan fingerprint density at radius 1 is 1.50 bits per heavy atom. The van der Waals surface area contributed by atoms with Crippen LogP contribution in [-0.2, 0) is 0 Å². The third kappa shape index (κ3) is 1.67. The maximum atomic E-state index is 12.5. The van der Waals surface area contributed by atoms with E-state index in [1.807, 2.05) is 12.1 Å². The largest absolute Gasteiger partial charge is 0.496 e. The molecule has 1 aliphatic rings. The highest BCUT2D eigenvalue weighted by atomic mass is 16.5. The molecule has 0 spiro atoms. The summed E-state index contributed by atoms with van der Waals surface area (Å²) < 4.78 is 6.97. The third-order valence-electron chi connectivity index (χ3n) is 3.42. The van der Waals surface area contributed by atoms with Crippen LogP contribution < -0.4 is 15.6 Å². The molecule has 1 aliphatic heterocycles. The second-order valence-electron chi connectivity index (χ2n) is 4.46. The van der Waals surface area contributed by atoms with E-state index in [-0.39, 0.29) is 11.6 Å². The molecule has 94 valence electrons. The van der Waals surface area contributed by atoms with Crippen molar-refractivity contribution < 1.29 is 4.74 Å². The molecule has 5 heteroatoms. The lowest BCUT2D eigenvalue weighted by atomic mass is 10.2. The fourth-order valence-corrected chi connectivity index (χ4v) is 2.46. The number of hydrogen-bond donors (Lipinski definition) is 1. The minimum atomic E-state index is -0.0221. The maximum Gasteiger partial charge on any atom is 0.265 e. The van der Waals surface area contributed by atoms with Gasteiger partial charge in [-0.25, -0.2) is 4.98 Å². The number of aromatic nitrogens is 2. The third-order valence-corrected chi connectivity index (χ3v) is 3.42. The molecule has 0 radical (unpaired) electrons.